The van der Waals surface area contributed by atoms with Crippen molar-refractivity contribution in [3.63, 3.8) is 0 Å². The summed E-state index contributed by atoms with van der Waals surface area (Å²) in [5, 5.41) is 0. The van der Waals surface area contributed by atoms with E-state index in [1.807, 2.05) is 6.08 Å². The largest absolute Gasteiger partial charge is 0.336 e. The third-order valence-corrected chi connectivity index (χ3v) is 4.62. The second-order valence-corrected chi connectivity index (χ2v) is 6.39. The molecule has 0 radical (unpaired) electrons. The van der Waals surface area contributed by atoms with E-state index in [1.54, 1.807) is 0 Å². The highest BCUT2D eigenvalue weighted by atomic mass is 16.2. The number of nitrogens with two attached hydrogens (primary N) is 1. The maximum absolute atomic E-state index is 12.5. The zero-order valence-corrected chi connectivity index (χ0v) is 13.3. The topological polar surface area (TPSA) is 46.3 Å². The number of carbonyl (C=O) groups excluding carboxylic acids is 1. The van der Waals surface area contributed by atoms with Crippen LogP contribution in [0, 0.1) is 11.8 Å². The molecular weight excluding hydrogens is 248 g/mol. The van der Waals surface area contributed by atoms with Crippen LogP contribution < -0.4 is 5.73 Å². The molecule has 0 aromatic heterocycles. The molecule has 1 rings (SSSR count). The molecule has 1 aliphatic rings. The summed E-state index contributed by atoms with van der Waals surface area (Å²) in [6.45, 7) is 9.67. The van der Waals surface area contributed by atoms with Crippen molar-refractivity contribution < 1.29 is 4.79 Å². The van der Waals surface area contributed by atoms with E-state index in [1.165, 1.54) is 12.8 Å². The lowest BCUT2D eigenvalue weighted by atomic mass is 9.88. The maximum Gasteiger partial charge on any atom is 0.223 e. The van der Waals surface area contributed by atoms with Crippen LogP contribution >= 0.6 is 0 Å². The van der Waals surface area contributed by atoms with Gasteiger partial charge in [-0.3, -0.25) is 4.79 Å². The molecule has 0 aliphatic heterocycles. The molecule has 1 unspecified atom stereocenters. The molecule has 0 bridgehead atoms. The maximum atomic E-state index is 12.5. The number of hydrogen-bond acceptors (Lipinski definition) is 2. The van der Waals surface area contributed by atoms with Gasteiger partial charge in [-0.1, -0.05) is 32.8 Å². The van der Waals surface area contributed by atoms with Crippen molar-refractivity contribution >= 4 is 5.91 Å². The van der Waals surface area contributed by atoms with Crippen molar-refractivity contribution in [1.82, 2.24) is 4.90 Å². The van der Waals surface area contributed by atoms with Crippen LogP contribution in [-0.2, 0) is 4.79 Å². The molecule has 0 spiro atoms. The smallest absolute Gasteiger partial charge is 0.223 e. The van der Waals surface area contributed by atoms with Gasteiger partial charge in [-0.2, -0.15) is 0 Å². The number of amides is 1. The lowest BCUT2D eigenvalue weighted by Crippen LogP contribution is -2.39. The minimum absolute atomic E-state index is 0.305. The first-order valence-corrected chi connectivity index (χ1v) is 8.20. The molecule has 1 fully saturated rings. The molecule has 20 heavy (non-hydrogen) atoms. The summed E-state index contributed by atoms with van der Waals surface area (Å²) in [5.41, 5.74) is 5.67. The highest BCUT2D eigenvalue weighted by Gasteiger charge is 2.26. The Hall–Kier alpha value is -0.830. The Morgan fingerprint density at radius 3 is 2.50 bits per heavy atom. The van der Waals surface area contributed by atoms with Gasteiger partial charge in [-0.15, -0.1) is 6.58 Å². The van der Waals surface area contributed by atoms with Crippen molar-refractivity contribution in [2.45, 2.75) is 64.8 Å². The second kappa shape index (κ2) is 9.17. The normalized spacial score (nSPS) is 17.4. The molecule has 1 aliphatic carbocycles. The Kier molecular flexibility index (Phi) is 7.90. The SMILES string of the molecule is C=CCN(C(=O)CCC(CCN)C(C)C)C1CCCC1. The predicted octanol–water partition coefficient (Wildman–Crippen LogP) is 3.34. The molecule has 0 aromatic rings. The summed E-state index contributed by atoms with van der Waals surface area (Å²) in [6, 6.07) is 0.451. The van der Waals surface area contributed by atoms with Gasteiger partial charge < -0.3 is 10.6 Å². The monoisotopic (exact) mass is 280 g/mol. The fraction of sp³-hybridized carbons (Fsp3) is 0.824. The summed E-state index contributed by atoms with van der Waals surface area (Å²) < 4.78 is 0. The Labute approximate surface area is 124 Å². The van der Waals surface area contributed by atoms with Gasteiger partial charge in [-0.25, -0.2) is 0 Å². The van der Waals surface area contributed by atoms with Crippen LogP contribution in [0.25, 0.3) is 0 Å². The van der Waals surface area contributed by atoms with Crippen molar-refractivity contribution in [3.8, 4) is 0 Å². The molecule has 0 aromatic carbocycles. The van der Waals surface area contributed by atoms with Gasteiger partial charge in [0.1, 0.15) is 0 Å². The van der Waals surface area contributed by atoms with E-state index < -0.39 is 0 Å². The van der Waals surface area contributed by atoms with Crippen LogP contribution in [0.4, 0.5) is 0 Å². The van der Waals surface area contributed by atoms with Crippen LogP contribution in [-0.4, -0.2) is 29.9 Å². The Morgan fingerprint density at radius 1 is 1.35 bits per heavy atom. The molecule has 3 nitrogen and oxygen atoms in total. The standard InChI is InChI=1S/C17H32N2O/c1-4-13-19(16-7-5-6-8-16)17(20)10-9-15(11-12-18)14(2)3/h4,14-16H,1,5-13,18H2,2-3H3. The molecular formula is C17H32N2O. The predicted molar refractivity (Wildman–Crippen MR) is 85.4 cm³/mol. The van der Waals surface area contributed by atoms with E-state index in [2.05, 4.69) is 25.3 Å². The molecule has 0 saturated heterocycles. The van der Waals surface area contributed by atoms with Crippen LogP contribution in [0.5, 0.6) is 0 Å². The lowest BCUT2D eigenvalue weighted by molar-refractivity contribution is -0.133. The van der Waals surface area contributed by atoms with E-state index in [-0.39, 0.29) is 0 Å². The van der Waals surface area contributed by atoms with Gasteiger partial charge in [0.2, 0.25) is 5.91 Å². The van der Waals surface area contributed by atoms with Gasteiger partial charge in [0, 0.05) is 19.0 Å². The quantitative estimate of drug-likeness (QED) is 0.658. The first-order valence-electron chi connectivity index (χ1n) is 8.20. The van der Waals surface area contributed by atoms with Crippen LogP contribution in [0.3, 0.4) is 0 Å². The number of nitrogens with zero attached hydrogens (tertiary/aromatic N) is 1. The van der Waals surface area contributed by atoms with Gasteiger partial charge in [0.25, 0.3) is 0 Å². The first kappa shape index (κ1) is 17.2. The summed E-state index contributed by atoms with van der Waals surface area (Å²) in [6.07, 6.45) is 9.35. The number of carbonyl (C=O) groups is 1. The summed E-state index contributed by atoms with van der Waals surface area (Å²) in [4.78, 5) is 14.6. The van der Waals surface area contributed by atoms with Gasteiger partial charge in [0.05, 0.1) is 0 Å². The summed E-state index contributed by atoms with van der Waals surface area (Å²) in [5.74, 6) is 1.48. The van der Waals surface area contributed by atoms with Crippen molar-refractivity contribution in [3.05, 3.63) is 12.7 Å². The van der Waals surface area contributed by atoms with Crippen LogP contribution in [0.1, 0.15) is 58.8 Å². The van der Waals surface area contributed by atoms with Crippen molar-refractivity contribution in [2.75, 3.05) is 13.1 Å². The van der Waals surface area contributed by atoms with Crippen LogP contribution in [0.15, 0.2) is 12.7 Å². The lowest BCUT2D eigenvalue weighted by Gasteiger charge is -2.29. The molecule has 2 N–H and O–H groups in total. The Morgan fingerprint density at radius 2 is 2.00 bits per heavy atom. The Bertz CT molecular complexity index is 295. The molecule has 3 heteroatoms. The highest BCUT2D eigenvalue weighted by Crippen LogP contribution is 2.26. The summed E-state index contributed by atoms with van der Waals surface area (Å²) in [7, 11) is 0. The second-order valence-electron chi connectivity index (χ2n) is 6.39. The first-order chi connectivity index (χ1) is 9.60. The average molecular weight is 280 g/mol. The van der Waals surface area contributed by atoms with Crippen molar-refractivity contribution in [1.29, 1.82) is 0 Å². The fourth-order valence-electron chi connectivity index (χ4n) is 3.29. The minimum Gasteiger partial charge on any atom is -0.336 e. The minimum atomic E-state index is 0.305. The van der Waals surface area contributed by atoms with E-state index >= 15 is 0 Å². The van der Waals surface area contributed by atoms with Gasteiger partial charge >= 0.3 is 0 Å². The third-order valence-electron chi connectivity index (χ3n) is 4.62. The molecule has 116 valence electrons. The van der Waals surface area contributed by atoms with E-state index in [4.69, 9.17) is 5.73 Å². The van der Waals surface area contributed by atoms with Crippen molar-refractivity contribution in [2.24, 2.45) is 17.6 Å². The van der Waals surface area contributed by atoms with E-state index in [0.29, 0.717) is 36.8 Å². The molecule has 1 atom stereocenters. The van der Waals surface area contributed by atoms with E-state index in [0.717, 1.165) is 32.2 Å². The average Bonchev–Trinajstić information content (AvgIpc) is 2.93. The summed E-state index contributed by atoms with van der Waals surface area (Å²) >= 11 is 0. The zero-order valence-electron chi connectivity index (χ0n) is 13.3. The Balaban J connectivity index is 2.50. The number of hydrogen-bond donors (Lipinski definition) is 1. The van der Waals surface area contributed by atoms with Gasteiger partial charge in [-0.05, 0) is 44.1 Å². The highest BCUT2D eigenvalue weighted by molar-refractivity contribution is 5.76. The van der Waals surface area contributed by atoms with Gasteiger partial charge in [0.15, 0.2) is 0 Å². The zero-order chi connectivity index (χ0) is 15.0. The molecule has 1 amide bonds. The van der Waals surface area contributed by atoms with E-state index in [9.17, 15) is 4.79 Å². The third kappa shape index (κ3) is 5.28. The van der Waals surface area contributed by atoms with Crippen LogP contribution in [0.2, 0.25) is 0 Å². The number of rotatable bonds is 9. The fourth-order valence-corrected chi connectivity index (χ4v) is 3.29. The molecule has 1 saturated carbocycles. The molecule has 0 heterocycles.